The zero-order chi connectivity index (χ0) is 84.1. The first kappa shape index (κ1) is 98.2. The van der Waals surface area contributed by atoms with Gasteiger partial charge in [0.1, 0.15) is 23.4 Å². The first-order valence-electron chi connectivity index (χ1n) is 42.3. The fourth-order valence-corrected chi connectivity index (χ4v) is 11.4. The highest BCUT2D eigenvalue weighted by atomic mass is 16.6. The molecule has 0 fully saturated rings. The molecule has 0 unspecified atom stereocenters. The van der Waals surface area contributed by atoms with Crippen molar-refractivity contribution in [3.63, 3.8) is 0 Å². The predicted octanol–water partition coefficient (Wildman–Crippen LogP) is 26.7. The average Bonchev–Trinajstić information content (AvgIpc) is 0.766. The van der Waals surface area contributed by atoms with Crippen LogP contribution in [0, 0.1) is 0 Å². The summed E-state index contributed by atoms with van der Waals surface area (Å²) >= 11 is 0. The fourth-order valence-electron chi connectivity index (χ4n) is 11.4. The minimum absolute atomic E-state index is 0.0178. The number of aromatic hydroxyl groups is 4. The summed E-state index contributed by atoms with van der Waals surface area (Å²) < 4.78 is 36.0. The number of ether oxygens (including phenoxy) is 6. The molecule has 0 radical (unpaired) electrons. The van der Waals surface area contributed by atoms with Crippen molar-refractivity contribution in [2.75, 3.05) is 0 Å². The molecule has 3 aromatic carbocycles. The summed E-state index contributed by atoms with van der Waals surface area (Å²) in [6.07, 6.45) is 102. The average molecular weight is 1600 g/mol. The molecule has 0 spiro atoms. The van der Waals surface area contributed by atoms with E-state index in [2.05, 4.69) is 222 Å². The molecular formula is C102H130O15. The standard InChI is InChI=1S/C102H130O15/c1-5-9-13-17-21-25-29-33-37-41-45-49-53-57-61-65-69-73-95(105)112-90-77-84(78-91(99(90)109)113-96(106)74-70-66-62-58-54-50-46-42-38-34-30-26-22-18-14-10-6-2)101-94(83-87-88(104)81-86(103)82-89(87)116-101)117-102(111)85-79-92(114-97(107)75-71-67-63-59-55-51-47-43-39-35-31-27-23-19-15-11-7-3)100(110)93(80-85)115-98(108)76-72-68-64-60-56-52-48-44-40-36-32-28-24-20-16-12-8-4/h9-16,21-28,33-40,45-52,57-64,77-82,94,101,103-104,109-110H,5-8,17-20,29-32,41-44,53-56,65-76,83H2,1-4H3/b13-9+,14-10+,15-11+,16-12+,25-21+,26-22+,27-23+,28-24+,37-33+,38-34+,39-35+,40-36+,49-45+,50-46+,51-47+,52-48+,61-57+,62-58+,63-59+,64-60+/t94-,101-/m1/s1. The van der Waals surface area contributed by atoms with Crippen molar-refractivity contribution in [2.24, 2.45) is 0 Å². The van der Waals surface area contributed by atoms with Crippen molar-refractivity contribution < 1.29 is 72.8 Å². The Hall–Kier alpha value is -11.2. The lowest BCUT2D eigenvalue weighted by atomic mass is 9.93. The predicted molar refractivity (Wildman–Crippen MR) is 478 cm³/mol. The van der Waals surface area contributed by atoms with Gasteiger partial charge in [-0.25, -0.2) is 4.79 Å². The van der Waals surface area contributed by atoms with Gasteiger partial charge in [0.05, 0.1) is 5.56 Å². The van der Waals surface area contributed by atoms with Crippen molar-refractivity contribution in [3.8, 4) is 51.7 Å². The zero-order valence-electron chi connectivity index (χ0n) is 69.8. The number of rotatable bonds is 59. The quantitative estimate of drug-likeness (QED) is 0.0179. The number of phenols is 4. The number of benzene rings is 3. The Labute approximate surface area is 698 Å². The van der Waals surface area contributed by atoms with Gasteiger partial charge >= 0.3 is 29.8 Å². The van der Waals surface area contributed by atoms with Crippen LogP contribution >= 0.6 is 0 Å². The maximum absolute atomic E-state index is 14.9. The Kier molecular flexibility index (Phi) is 55.4. The summed E-state index contributed by atoms with van der Waals surface area (Å²) in [5.41, 5.74) is -0.144. The monoisotopic (exact) mass is 1590 g/mol. The van der Waals surface area contributed by atoms with Crippen LogP contribution in [-0.2, 0) is 30.3 Å². The number of fused-ring (bicyclic) bond motifs is 1. The van der Waals surface area contributed by atoms with Gasteiger partial charge < -0.3 is 48.8 Å². The van der Waals surface area contributed by atoms with E-state index in [-0.39, 0.29) is 60.3 Å². The number of unbranched alkanes of at least 4 members (excludes halogenated alkanes) is 4. The molecular weight excluding hydrogens is 1470 g/mol. The number of allylic oxidation sites excluding steroid dienone is 40. The smallest absolute Gasteiger partial charge is 0.338 e. The van der Waals surface area contributed by atoms with Crippen molar-refractivity contribution in [1.29, 1.82) is 0 Å². The van der Waals surface area contributed by atoms with Crippen LogP contribution < -0.4 is 23.7 Å². The summed E-state index contributed by atoms with van der Waals surface area (Å²) in [6, 6.07) is 7.08. The van der Waals surface area contributed by atoms with E-state index in [1.54, 1.807) is 0 Å². The number of phenolic OH excluding ortho intramolecular Hbond substituents is 4. The Morgan fingerprint density at radius 3 is 0.821 bits per heavy atom. The van der Waals surface area contributed by atoms with E-state index < -0.39 is 82.3 Å². The summed E-state index contributed by atoms with van der Waals surface area (Å²) in [5.74, 6) is -7.99. The molecule has 1 aliphatic rings. The topological polar surface area (TPSA) is 222 Å². The van der Waals surface area contributed by atoms with Crippen molar-refractivity contribution in [3.05, 3.63) is 296 Å². The van der Waals surface area contributed by atoms with Crippen LogP contribution in [-0.4, -0.2) is 56.4 Å². The SMILES string of the molecule is CC/C=C/C/C=C/C/C=C/C/C=C/C/C=C/CCCC(=O)Oc1cc(C(=O)O[C@@H]2Cc3c(O)cc(O)cc3O[C@@H]2c2cc(OC(=O)CCC/C=C/C/C=C/C/C=C/C/C=C/C/C=C/CC)c(O)c(OC(=O)CCC/C=C/C/C=C/C/C=C/C/C=C/C/C=C/CC)c2)cc(OC(=O)CCC/C=C/C/C=C/C/C=C/C/C=C/C/C=C/CC)c1O. The number of esters is 5. The Balaban J connectivity index is 1.59. The first-order chi connectivity index (χ1) is 57.3. The van der Waals surface area contributed by atoms with Crippen LogP contribution in [0.3, 0.4) is 0 Å². The van der Waals surface area contributed by atoms with Gasteiger partial charge in [0.15, 0.2) is 29.1 Å². The molecule has 4 rings (SSSR count). The second-order valence-corrected chi connectivity index (χ2v) is 27.6. The van der Waals surface area contributed by atoms with Crippen molar-refractivity contribution >= 4 is 29.8 Å². The van der Waals surface area contributed by atoms with E-state index in [1.165, 1.54) is 18.2 Å². The molecule has 1 heterocycles. The molecule has 0 aromatic heterocycles. The van der Waals surface area contributed by atoms with Crippen LogP contribution in [0.4, 0.5) is 0 Å². The largest absolute Gasteiger partial charge is 0.508 e. The molecule has 3 aromatic rings. The lowest BCUT2D eigenvalue weighted by molar-refractivity contribution is -0.136. The van der Waals surface area contributed by atoms with Gasteiger partial charge in [-0.15, -0.1) is 0 Å². The molecule has 628 valence electrons. The second kappa shape index (κ2) is 66.0. The van der Waals surface area contributed by atoms with E-state index in [0.29, 0.717) is 77.0 Å². The van der Waals surface area contributed by atoms with E-state index in [9.17, 15) is 44.4 Å². The highest BCUT2D eigenvalue weighted by Gasteiger charge is 2.38. The molecule has 0 saturated heterocycles. The van der Waals surface area contributed by atoms with Crippen LogP contribution in [0.25, 0.3) is 0 Å². The number of carbonyl (C=O) groups is 5. The molecule has 15 heteroatoms. The highest BCUT2D eigenvalue weighted by Crippen LogP contribution is 2.47. The van der Waals surface area contributed by atoms with E-state index in [1.807, 2.05) is 48.6 Å². The number of carbonyl (C=O) groups excluding carboxylic acids is 5. The third-order valence-electron chi connectivity index (χ3n) is 17.6. The van der Waals surface area contributed by atoms with Crippen molar-refractivity contribution in [2.45, 2.75) is 252 Å². The number of hydrogen-bond acceptors (Lipinski definition) is 15. The van der Waals surface area contributed by atoms with Gasteiger partial charge in [0.2, 0.25) is 11.5 Å². The molecule has 4 N–H and O–H groups in total. The lowest BCUT2D eigenvalue weighted by Crippen LogP contribution is -2.35. The van der Waals surface area contributed by atoms with E-state index in [0.717, 1.165) is 121 Å². The molecule has 0 saturated carbocycles. The maximum atomic E-state index is 14.9. The van der Waals surface area contributed by atoms with Crippen LogP contribution in [0.15, 0.2) is 279 Å². The molecule has 117 heavy (non-hydrogen) atoms. The Morgan fingerprint density at radius 1 is 0.325 bits per heavy atom. The minimum Gasteiger partial charge on any atom is -0.508 e. The first-order valence-corrected chi connectivity index (χ1v) is 42.3. The Morgan fingerprint density at radius 2 is 0.564 bits per heavy atom. The van der Waals surface area contributed by atoms with Crippen molar-refractivity contribution in [1.82, 2.24) is 0 Å². The van der Waals surface area contributed by atoms with Crippen LogP contribution in [0.2, 0.25) is 0 Å². The molecule has 0 bridgehead atoms. The summed E-state index contributed by atoms with van der Waals surface area (Å²) in [4.78, 5) is 69.6. The zero-order valence-corrected chi connectivity index (χ0v) is 69.8. The summed E-state index contributed by atoms with van der Waals surface area (Å²) in [7, 11) is 0. The molecule has 15 nitrogen and oxygen atoms in total. The Bertz CT molecular complexity index is 3840. The van der Waals surface area contributed by atoms with Gasteiger partial charge in [0, 0.05) is 55.4 Å². The normalized spacial score (nSPS) is 14.6. The molecule has 0 aliphatic carbocycles. The summed E-state index contributed by atoms with van der Waals surface area (Å²) in [6.45, 7) is 8.47. The molecule has 2 atom stereocenters. The third-order valence-corrected chi connectivity index (χ3v) is 17.6. The minimum atomic E-state index is -1.42. The van der Waals surface area contributed by atoms with Gasteiger partial charge in [-0.2, -0.15) is 0 Å². The fraction of sp³-hybridized carbons (Fsp3) is 0.382. The van der Waals surface area contributed by atoms with Gasteiger partial charge in [-0.1, -0.05) is 271 Å². The van der Waals surface area contributed by atoms with Crippen LogP contribution in [0.5, 0.6) is 51.7 Å². The van der Waals surface area contributed by atoms with Gasteiger partial charge in [0.25, 0.3) is 0 Å². The summed E-state index contributed by atoms with van der Waals surface area (Å²) in [5, 5.41) is 45.5. The van der Waals surface area contributed by atoms with Gasteiger partial charge in [-0.3, -0.25) is 19.2 Å². The van der Waals surface area contributed by atoms with Gasteiger partial charge in [-0.05, 0) is 204 Å². The highest BCUT2D eigenvalue weighted by molar-refractivity contribution is 5.92. The third kappa shape index (κ3) is 47.4. The molecule has 0 amide bonds. The maximum Gasteiger partial charge on any atom is 0.338 e. The van der Waals surface area contributed by atoms with E-state index >= 15 is 0 Å². The molecule has 1 aliphatic heterocycles. The number of hydrogen-bond donors (Lipinski definition) is 4. The van der Waals surface area contributed by atoms with Crippen LogP contribution in [0.1, 0.15) is 261 Å². The second-order valence-electron chi connectivity index (χ2n) is 27.6. The lowest BCUT2D eigenvalue weighted by Gasteiger charge is -2.34. The van der Waals surface area contributed by atoms with E-state index in [4.69, 9.17) is 28.4 Å².